The fourth-order valence-electron chi connectivity index (χ4n) is 8.37. The number of aromatic nitrogens is 6. The second kappa shape index (κ2) is 28.8. The summed E-state index contributed by atoms with van der Waals surface area (Å²) in [5.41, 5.74) is 7.95. The first kappa shape index (κ1) is 62.7. The van der Waals surface area contributed by atoms with Gasteiger partial charge in [0, 0.05) is 99.5 Å². The zero-order valence-corrected chi connectivity index (χ0v) is 46.3. The van der Waals surface area contributed by atoms with Crippen molar-refractivity contribution in [1.82, 2.24) is 40.2 Å². The summed E-state index contributed by atoms with van der Waals surface area (Å²) in [6.07, 6.45) is 7.43. The standard InChI is InChI=1S/C29H25N5O3.C22H23N3O4.C12H12N2O2.2CH4/c1-33-26-16-21(10-11-22-9-6-14-30-18-22)12-13-27(26)37-19-25(29(33)36)31-28(35)24-17-23(34(2)32-24)15-20-7-4-3-5-8-20;1-22(2,3)29-21(27)24-17-14-28-19-10-9-15(12-18(19)25(4)20(17)26)7-8-16-6-5-11-23-13-16;1-14-10(8-11(13-14)12(15)16)7-9-5-3-2-4-6-9;;/h3-9,12-14,16-18,25H,15,19H2,1-2H3,(H,31,35);5-6,9-13,17H,14H2,1-4H3,(H,24,27);2-6,8H,7H2,1H3,(H,15,16);2*1H4/t25-;17-;;;/m00.../s1. The lowest BCUT2D eigenvalue weighted by molar-refractivity contribution is -0.121. The Kier molecular flexibility index (Phi) is 21.4. The van der Waals surface area contributed by atoms with E-state index in [2.05, 4.69) is 54.5 Å². The Morgan fingerprint density at radius 3 is 1.43 bits per heavy atom. The van der Waals surface area contributed by atoms with Gasteiger partial charge in [0.15, 0.2) is 5.69 Å². The molecule has 19 heteroatoms. The van der Waals surface area contributed by atoms with Crippen molar-refractivity contribution in [2.75, 3.05) is 37.1 Å². The van der Waals surface area contributed by atoms with Crippen LogP contribution in [0.4, 0.5) is 16.2 Å². The van der Waals surface area contributed by atoms with Crippen LogP contribution in [0.2, 0.25) is 0 Å². The van der Waals surface area contributed by atoms with Crippen molar-refractivity contribution in [3.8, 4) is 35.2 Å². The molecule has 0 unspecified atom stereocenters. The van der Waals surface area contributed by atoms with Gasteiger partial charge in [0.05, 0.1) is 11.4 Å². The first-order valence-corrected chi connectivity index (χ1v) is 26.0. The molecule has 84 heavy (non-hydrogen) atoms. The molecular formula is C65H68N10O9. The molecule has 0 aliphatic carbocycles. The number of amides is 4. The Morgan fingerprint density at radius 1 is 0.583 bits per heavy atom. The number of nitrogens with zero attached hydrogens (tertiary/aromatic N) is 8. The average molecular weight is 1130 g/mol. The molecule has 2 aliphatic heterocycles. The van der Waals surface area contributed by atoms with Crippen molar-refractivity contribution in [2.24, 2.45) is 14.1 Å². The molecule has 2 atom stereocenters. The van der Waals surface area contributed by atoms with Crippen molar-refractivity contribution in [2.45, 2.75) is 66.2 Å². The van der Waals surface area contributed by atoms with E-state index in [1.165, 1.54) is 9.80 Å². The molecule has 8 aromatic rings. The minimum atomic E-state index is -0.991. The van der Waals surface area contributed by atoms with Gasteiger partial charge in [-0.25, -0.2) is 9.59 Å². The van der Waals surface area contributed by atoms with Crippen molar-refractivity contribution in [3.63, 3.8) is 0 Å². The summed E-state index contributed by atoms with van der Waals surface area (Å²) < 4.78 is 20.2. The summed E-state index contributed by atoms with van der Waals surface area (Å²) in [7, 11) is 6.85. The molecule has 2 aliphatic rings. The Balaban J connectivity index is 0.000000214. The molecule has 6 heterocycles. The third kappa shape index (κ3) is 17.0. The van der Waals surface area contributed by atoms with Gasteiger partial charge < -0.3 is 39.8 Å². The highest BCUT2D eigenvalue weighted by Gasteiger charge is 2.33. The molecule has 4 amide bonds. The lowest BCUT2D eigenvalue weighted by atomic mass is 10.1. The molecule has 0 radical (unpaired) electrons. The number of carboxylic acid groups (broad SMARTS) is 1. The summed E-state index contributed by atoms with van der Waals surface area (Å²) >= 11 is 0. The SMILES string of the molecule is C.C.CN1C(=O)[C@@H](NC(=O)OC(C)(C)C)COc2ccc(C#Cc3cccnc3)cc21.CN1C(=O)[C@@H](NC(=O)c2cc(Cc3ccccc3)n(C)n2)COc2ccc(C#Cc3cccnc3)cc21.Cn1nc(C(=O)O)cc1Cc1ccccc1. The third-order valence-corrected chi connectivity index (χ3v) is 12.6. The average Bonchev–Trinajstić information content (AvgIpc) is 4.22. The van der Waals surface area contributed by atoms with E-state index in [-0.39, 0.29) is 51.3 Å². The lowest BCUT2D eigenvalue weighted by Crippen LogP contribution is -2.50. The predicted molar refractivity (Wildman–Crippen MR) is 321 cm³/mol. The maximum Gasteiger partial charge on any atom is 0.408 e. The largest absolute Gasteiger partial charge is 0.489 e. The van der Waals surface area contributed by atoms with Crippen LogP contribution in [-0.2, 0) is 41.3 Å². The number of hydrogen-bond acceptors (Lipinski definition) is 12. The quantitative estimate of drug-likeness (QED) is 0.121. The number of ether oxygens (including phenoxy) is 3. The zero-order valence-electron chi connectivity index (χ0n) is 46.3. The summed E-state index contributed by atoms with van der Waals surface area (Å²) in [5, 5.41) is 22.5. The molecule has 4 aromatic carbocycles. The first-order chi connectivity index (χ1) is 39.4. The zero-order chi connectivity index (χ0) is 58.3. The number of carbonyl (C=O) groups is 5. The Labute approximate surface area is 489 Å². The normalized spacial score (nSPS) is 13.9. The van der Waals surface area contributed by atoms with Gasteiger partial charge in [0.1, 0.15) is 48.1 Å². The van der Waals surface area contributed by atoms with Crippen molar-refractivity contribution < 1.29 is 43.3 Å². The number of carboxylic acids is 1. The van der Waals surface area contributed by atoms with Crippen LogP contribution in [0.15, 0.2) is 158 Å². The number of fused-ring (bicyclic) bond motifs is 2. The second-order valence-electron chi connectivity index (χ2n) is 19.9. The van der Waals surface area contributed by atoms with Crippen LogP contribution in [0, 0.1) is 23.7 Å². The van der Waals surface area contributed by atoms with Crippen LogP contribution in [-0.4, -0.2) is 109 Å². The molecule has 0 saturated carbocycles. The number of nitrogens with one attached hydrogen (secondary N) is 2. The van der Waals surface area contributed by atoms with E-state index >= 15 is 0 Å². The second-order valence-corrected chi connectivity index (χ2v) is 19.9. The molecule has 19 nitrogen and oxygen atoms in total. The first-order valence-electron chi connectivity index (χ1n) is 26.0. The minimum Gasteiger partial charge on any atom is -0.489 e. The van der Waals surface area contributed by atoms with Crippen LogP contribution < -0.4 is 29.9 Å². The number of pyridine rings is 2. The minimum absolute atomic E-state index is 0. The van der Waals surface area contributed by atoms with Crippen LogP contribution in [0.5, 0.6) is 11.5 Å². The van der Waals surface area contributed by atoms with Crippen LogP contribution in [0.1, 0.15) is 101 Å². The van der Waals surface area contributed by atoms with Gasteiger partial charge in [-0.3, -0.25) is 33.7 Å². The number of benzene rings is 4. The van der Waals surface area contributed by atoms with Gasteiger partial charge in [0.25, 0.3) is 17.7 Å². The monoisotopic (exact) mass is 1130 g/mol. The van der Waals surface area contributed by atoms with E-state index in [1.807, 2.05) is 97.1 Å². The van der Waals surface area contributed by atoms with Gasteiger partial charge in [-0.15, -0.1) is 0 Å². The van der Waals surface area contributed by atoms with Gasteiger partial charge >= 0.3 is 12.1 Å². The maximum absolute atomic E-state index is 13.2. The Hall–Kier alpha value is -10.5. The van der Waals surface area contributed by atoms with E-state index in [9.17, 15) is 24.0 Å². The van der Waals surface area contributed by atoms with Gasteiger partial charge in [-0.2, -0.15) is 10.2 Å². The van der Waals surface area contributed by atoms with Gasteiger partial charge in [-0.1, -0.05) is 99.2 Å². The highest BCUT2D eigenvalue weighted by atomic mass is 16.6. The molecule has 0 saturated heterocycles. The molecule has 3 N–H and O–H groups in total. The molecule has 0 fully saturated rings. The number of likely N-dealkylation sites (N-methyl/N-ethyl adjacent to an activating group) is 2. The number of aryl methyl sites for hydroxylation is 2. The van der Waals surface area contributed by atoms with Crippen molar-refractivity contribution in [3.05, 3.63) is 214 Å². The summed E-state index contributed by atoms with van der Waals surface area (Å²) in [4.78, 5) is 72.9. The molecule has 4 aromatic heterocycles. The fourth-order valence-corrected chi connectivity index (χ4v) is 8.37. The third-order valence-electron chi connectivity index (χ3n) is 12.6. The molecule has 432 valence electrons. The fraction of sp³-hybridized carbons (Fsp3) is 0.246. The smallest absolute Gasteiger partial charge is 0.408 e. The Bertz CT molecular complexity index is 3710. The summed E-state index contributed by atoms with van der Waals surface area (Å²) in [6, 6.07) is 39.7. The number of alkyl carbamates (subject to hydrolysis) is 1. The molecule has 10 rings (SSSR count). The lowest BCUT2D eigenvalue weighted by Gasteiger charge is -2.23. The van der Waals surface area contributed by atoms with Crippen LogP contribution >= 0.6 is 0 Å². The number of aromatic carboxylic acids is 1. The van der Waals surface area contributed by atoms with Crippen LogP contribution in [0.3, 0.4) is 0 Å². The van der Waals surface area contributed by atoms with E-state index in [1.54, 1.807) is 120 Å². The Morgan fingerprint density at radius 2 is 1.01 bits per heavy atom. The topological polar surface area (TPSA) is 225 Å². The maximum atomic E-state index is 13.2. The van der Waals surface area contributed by atoms with Crippen molar-refractivity contribution >= 4 is 41.2 Å². The number of carbonyl (C=O) groups excluding carboxylic acids is 4. The highest BCUT2D eigenvalue weighted by molar-refractivity contribution is 6.03. The van der Waals surface area contributed by atoms with Gasteiger partial charge in [0.2, 0.25) is 0 Å². The van der Waals surface area contributed by atoms with Crippen LogP contribution in [0.25, 0.3) is 0 Å². The predicted octanol–water partition coefficient (Wildman–Crippen LogP) is 8.67. The highest BCUT2D eigenvalue weighted by Crippen LogP contribution is 2.33. The van der Waals surface area contributed by atoms with E-state index in [0.29, 0.717) is 35.7 Å². The molecule has 0 spiro atoms. The van der Waals surface area contributed by atoms with E-state index in [0.717, 1.165) is 44.8 Å². The van der Waals surface area contributed by atoms with E-state index < -0.39 is 35.7 Å². The van der Waals surface area contributed by atoms with E-state index in [4.69, 9.17) is 19.3 Å². The molecule has 0 bridgehead atoms. The number of anilines is 2. The number of rotatable bonds is 8. The molecular weight excluding hydrogens is 1060 g/mol. The van der Waals surface area contributed by atoms with Gasteiger partial charge in [-0.05, 0) is 105 Å². The van der Waals surface area contributed by atoms with Crippen molar-refractivity contribution in [1.29, 1.82) is 0 Å². The summed E-state index contributed by atoms with van der Waals surface area (Å²) in [5.74, 6) is 11.3. The summed E-state index contributed by atoms with van der Waals surface area (Å²) in [6.45, 7) is 5.29. The number of hydrogen-bond donors (Lipinski definition) is 3.